The number of rotatable bonds is 6. The van der Waals surface area contributed by atoms with Crippen molar-refractivity contribution in [2.45, 2.75) is 32.4 Å². The highest BCUT2D eigenvalue weighted by Gasteiger charge is 2.38. The van der Waals surface area contributed by atoms with Crippen molar-refractivity contribution >= 4 is 22.3 Å². The van der Waals surface area contributed by atoms with Crippen LogP contribution in [0.5, 0.6) is 11.5 Å². The molecular formula is C28H26F3NO4. The summed E-state index contributed by atoms with van der Waals surface area (Å²) in [5.74, 6) is 0.398. The predicted molar refractivity (Wildman–Crippen MR) is 132 cm³/mol. The van der Waals surface area contributed by atoms with Crippen LogP contribution in [-0.2, 0) is 16.4 Å². The van der Waals surface area contributed by atoms with Crippen LogP contribution < -0.4 is 9.47 Å². The zero-order valence-electron chi connectivity index (χ0n) is 20.6. The van der Waals surface area contributed by atoms with Gasteiger partial charge in [-0.25, -0.2) is 0 Å². The fourth-order valence-corrected chi connectivity index (χ4v) is 4.46. The molecular weight excluding hydrogens is 471 g/mol. The quantitative estimate of drug-likeness (QED) is 0.367. The summed E-state index contributed by atoms with van der Waals surface area (Å²) in [6.07, 6.45) is -1.42. The molecule has 3 aromatic rings. The molecule has 0 radical (unpaired) electrons. The van der Waals surface area contributed by atoms with E-state index >= 15 is 0 Å². The van der Waals surface area contributed by atoms with Crippen LogP contribution in [0.2, 0.25) is 0 Å². The van der Waals surface area contributed by atoms with Crippen LogP contribution in [0, 0.1) is 6.92 Å². The minimum absolute atomic E-state index is 0.0579. The number of carbonyl (C=O) groups is 1. The SMILES string of the molecule is C=C(/C=C1\C(=O)C(c2c[nH]c3cc(OC)c(OC)cc23)=C1O)C(C)(C)c1cc(C(F)(F)F)ccc1C. The van der Waals surface area contributed by atoms with E-state index in [0.717, 1.165) is 12.1 Å². The van der Waals surface area contributed by atoms with Crippen LogP contribution in [-0.4, -0.2) is 30.1 Å². The van der Waals surface area contributed by atoms with Crippen molar-refractivity contribution in [1.29, 1.82) is 0 Å². The van der Waals surface area contributed by atoms with E-state index in [9.17, 15) is 23.1 Å². The summed E-state index contributed by atoms with van der Waals surface area (Å²) < 4.78 is 50.6. The summed E-state index contributed by atoms with van der Waals surface area (Å²) in [5, 5.41) is 11.5. The molecule has 0 fully saturated rings. The second-order valence-corrected chi connectivity index (χ2v) is 9.24. The Morgan fingerprint density at radius 1 is 1.08 bits per heavy atom. The number of methoxy groups -OCH3 is 2. The number of aryl methyl sites for hydroxylation is 1. The standard InChI is InChI=1S/C28H26F3NO4/c1-14-7-8-16(28(29,30)31)10-20(14)27(3,4)15(2)9-18-25(33)24(26(18)34)19-13-32-21-12-23(36-6)22(35-5)11-17(19)21/h7-13,32-33H,2H2,1,3-6H3/b18-9-. The van der Waals surface area contributed by atoms with Gasteiger partial charge in [-0.2, -0.15) is 13.2 Å². The Kier molecular flexibility index (Phi) is 6.02. The smallest absolute Gasteiger partial charge is 0.416 e. The third-order valence-electron chi connectivity index (χ3n) is 6.78. The van der Waals surface area contributed by atoms with Gasteiger partial charge >= 0.3 is 6.18 Å². The second kappa shape index (κ2) is 8.62. The Hall–Kier alpha value is -3.94. The Balaban J connectivity index is 1.72. The summed E-state index contributed by atoms with van der Waals surface area (Å²) in [6, 6.07) is 7.02. The largest absolute Gasteiger partial charge is 0.506 e. The molecule has 1 aromatic heterocycles. The number of hydrogen-bond donors (Lipinski definition) is 2. The number of aliphatic hydroxyl groups excluding tert-OH is 1. The van der Waals surface area contributed by atoms with E-state index in [2.05, 4.69) is 11.6 Å². The minimum atomic E-state index is -4.48. The summed E-state index contributed by atoms with van der Waals surface area (Å²) >= 11 is 0. The molecule has 2 aromatic carbocycles. The molecule has 5 nitrogen and oxygen atoms in total. The van der Waals surface area contributed by atoms with Crippen LogP contribution in [0.25, 0.3) is 16.5 Å². The molecule has 4 rings (SSSR count). The molecule has 2 N–H and O–H groups in total. The van der Waals surface area contributed by atoms with Gasteiger partial charge in [-0.1, -0.05) is 26.5 Å². The lowest BCUT2D eigenvalue weighted by Crippen LogP contribution is -2.25. The zero-order valence-corrected chi connectivity index (χ0v) is 20.6. The number of alkyl halides is 3. The molecule has 0 spiro atoms. The summed E-state index contributed by atoms with van der Waals surface area (Å²) in [7, 11) is 3.02. The monoisotopic (exact) mass is 497 g/mol. The molecule has 0 atom stereocenters. The number of ether oxygens (including phenoxy) is 2. The maximum atomic E-state index is 13.3. The van der Waals surface area contributed by atoms with Crippen molar-refractivity contribution in [2.24, 2.45) is 0 Å². The third-order valence-corrected chi connectivity index (χ3v) is 6.78. The van der Waals surface area contributed by atoms with Crippen molar-refractivity contribution in [3.63, 3.8) is 0 Å². The number of allylic oxidation sites excluding steroid dienone is 4. The molecule has 0 saturated heterocycles. The van der Waals surface area contributed by atoms with Gasteiger partial charge in [0.05, 0.1) is 30.9 Å². The number of aliphatic hydroxyl groups is 1. The minimum Gasteiger partial charge on any atom is -0.506 e. The topological polar surface area (TPSA) is 71.6 Å². The molecule has 0 saturated carbocycles. The van der Waals surface area contributed by atoms with E-state index in [-0.39, 0.29) is 22.7 Å². The van der Waals surface area contributed by atoms with Crippen molar-refractivity contribution < 1.29 is 32.5 Å². The van der Waals surface area contributed by atoms with Crippen molar-refractivity contribution in [3.05, 3.63) is 88.3 Å². The normalized spacial score (nSPS) is 15.4. The molecule has 1 aliphatic carbocycles. The van der Waals surface area contributed by atoms with Gasteiger partial charge in [-0.05, 0) is 47.9 Å². The van der Waals surface area contributed by atoms with E-state index in [1.54, 1.807) is 39.1 Å². The highest BCUT2D eigenvalue weighted by Crippen LogP contribution is 2.44. The molecule has 0 amide bonds. The van der Waals surface area contributed by atoms with Gasteiger partial charge in [0, 0.05) is 34.1 Å². The van der Waals surface area contributed by atoms with E-state index in [1.165, 1.54) is 26.4 Å². The molecule has 0 bridgehead atoms. The number of ketones is 1. The first-order valence-electron chi connectivity index (χ1n) is 11.1. The maximum Gasteiger partial charge on any atom is 0.416 e. The average molecular weight is 498 g/mol. The highest BCUT2D eigenvalue weighted by molar-refractivity contribution is 6.40. The molecule has 0 unspecified atom stereocenters. The van der Waals surface area contributed by atoms with Crippen LogP contribution in [0.1, 0.15) is 36.1 Å². The number of fused-ring (bicyclic) bond motifs is 1. The highest BCUT2D eigenvalue weighted by atomic mass is 19.4. The molecule has 36 heavy (non-hydrogen) atoms. The number of hydrogen-bond acceptors (Lipinski definition) is 4. The van der Waals surface area contributed by atoms with Crippen molar-refractivity contribution in [2.75, 3.05) is 14.2 Å². The summed E-state index contributed by atoms with van der Waals surface area (Å²) in [6.45, 7) is 9.22. The number of H-pyrrole nitrogens is 1. The number of aromatic amines is 1. The van der Waals surface area contributed by atoms with E-state index in [1.807, 2.05) is 0 Å². The van der Waals surface area contributed by atoms with Gasteiger partial charge in [0.25, 0.3) is 0 Å². The first kappa shape index (κ1) is 25.2. The van der Waals surface area contributed by atoms with Crippen LogP contribution in [0.15, 0.2) is 66.1 Å². The fraction of sp³-hybridized carbons (Fsp3) is 0.250. The van der Waals surface area contributed by atoms with E-state index in [0.29, 0.717) is 44.7 Å². The summed E-state index contributed by atoms with van der Waals surface area (Å²) in [5.41, 5.74) is 1.20. The van der Waals surface area contributed by atoms with Gasteiger partial charge in [-0.3, -0.25) is 4.79 Å². The number of halogens is 3. The molecule has 1 aliphatic rings. The number of benzene rings is 2. The Morgan fingerprint density at radius 2 is 1.72 bits per heavy atom. The first-order chi connectivity index (χ1) is 16.8. The van der Waals surface area contributed by atoms with Crippen molar-refractivity contribution in [1.82, 2.24) is 4.98 Å². The summed E-state index contributed by atoms with van der Waals surface area (Å²) in [4.78, 5) is 16.2. The van der Waals surface area contributed by atoms with Crippen LogP contribution >= 0.6 is 0 Å². The maximum absolute atomic E-state index is 13.3. The first-order valence-corrected chi connectivity index (χ1v) is 11.1. The molecule has 1 heterocycles. The second-order valence-electron chi connectivity index (χ2n) is 9.24. The molecule has 8 heteroatoms. The van der Waals surface area contributed by atoms with Gasteiger partial charge in [-0.15, -0.1) is 0 Å². The lowest BCUT2D eigenvalue weighted by atomic mass is 9.73. The Morgan fingerprint density at radius 3 is 2.31 bits per heavy atom. The lowest BCUT2D eigenvalue weighted by Gasteiger charge is -2.30. The number of Topliss-reactive ketones (excluding diaryl/α,β-unsaturated/α-hetero) is 1. The van der Waals surface area contributed by atoms with Crippen molar-refractivity contribution in [3.8, 4) is 11.5 Å². The number of nitrogens with one attached hydrogen (secondary N) is 1. The van der Waals surface area contributed by atoms with Gasteiger partial charge in [0.2, 0.25) is 5.78 Å². The van der Waals surface area contributed by atoms with Crippen LogP contribution in [0.4, 0.5) is 13.2 Å². The Labute approximate surface area is 206 Å². The van der Waals surface area contributed by atoms with Crippen LogP contribution in [0.3, 0.4) is 0 Å². The predicted octanol–water partition coefficient (Wildman–Crippen LogP) is 6.82. The van der Waals surface area contributed by atoms with Gasteiger partial charge in [0.15, 0.2) is 11.5 Å². The zero-order chi connectivity index (χ0) is 26.6. The van der Waals surface area contributed by atoms with E-state index in [4.69, 9.17) is 9.47 Å². The lowest BCUT2D eigenvalue weighted by molar-refractivity contribution is -0.137. The van der Waals surface area contributed by atoms with E-state index < -0.39 is 17.2 Å². The molecule has 0 aliphatic heterocycles. The van der Waals surface area contributed by atoms with Gasteiger partial charge in [0.1, 0.15) is 5.76 Å². The fourth-order valence-electron chi connectivity index (χ4n) is 4.46. The number of carbonyl (C=O) groups excluding carboxylic acids is 1. The van der Waals surface area contributed by atoms with Gasteiger partial charge < -0.3 is 19.6 Å². The average Bonchev–Trinajstić information content (AvgIpc) is 3.22. The molecule has 188 valence electrons. The third kappa shape index (κ3) is 3.96. The number of aromatic nitrogens is 1. The Bertz CT molecular complexity index is 1470.